The summed E-state index contributed by atoms with van der Waals surface area (Å²) < 4.78 is 3.94. The summed E-state index contributed by atoms with van der Waals surface area (Å²) in [7, 11) is 0. The Kier molecular flexibility index (Phi) is 4.68. The monoisotopic (exact) mass is 317 g/mol. The maximum Gasteiger partial charge on any atom is 0.224 e. The van der Waals surface area contributed by atoms with Crippen LogP contribution < -0.4 is 0 Å². The van der Waals surface area contributed by atoms with Gasteiger partial charge in [-0.2, -0.15) is 10.2 Å². The minimum Gasteiger partial charge on any atom is -0.343 e. The molecule has 1 aliphatic heterocycles. The third-order valence-electron chi connectivity index (χ3n) is 4.65. The lowest BCUT2D eigenvalue weighted by Gasteiger charge is -2.20. The van der Waals surface area contributed by atoms with Gasteiger partial charge in [-0.1, -0.05) is 12.8 Å². The number of carbonyl (C=O) groups excluding carboxylic acids is 1. The second kappa shape index (κ2) is 6.72. The van der Waals surface area contributed by atoms with Crippen LogP contribution in [0, 0.1) is 6.92 Å². The van der Waals surface area contributed by atoms with Crippen LogP contribution in [0.2, 0.25) is 0 Å². The summed E-state index contributed by atoms with van der Waals surface area (Å²) in [5.41, 5.74) is 3.09. The number of aryl methyl sites for hydroxylation is 2. The van der Waals surface area contributed by atoms with E-state index >= 15 is 0 Å². The molecule has 6 heteroatoms. The van der Waals surface area contributed by atoms with Crippen LogP contribution in [0.1, 0.15) is 57.7 Å². The number of hydrogen-bond acceptors (Lipinski definition) is 3. The van der Waals surface area contributed by atoms with E-state index in [0.29, 0.717) is 19.0 Å². The maximum atomic E-state index is 12.4. The summed E-state index contributed by atoms with van der Waals surface area (Å²) in [6, 6.07) is 0.308. The normalized spacial score (nSPS) is 16.3. The van der Waals surface area contributed by atoms with Gasteiger partial charge in [-0.25, -0.2) is 0 Å². The first-order valence-corrected chi connectivity index (χ1v) is 8.76. The molecule has 0 N–H and O–H groups in total. The Morgan fingerprint density at radius 3 is 2.57 bits per heavy atom. The van der Waals surface area contributed by atoms with Crippen molar-refractivity contribution in [2.45, 2.75) is 65.5 Å². The van der Waals surface area contributed by atoms with Crippen LogP contribution in [0.4, 0.5) is 0 Å². The molecule has 1 saturated heterocycles. The van der Waals surface area contributed by atoms with Crippen molar-refractivity contribution in [1.29, 1.82) is 0 Å². The van der Waals surface area contributed by atoms with Gasteiger partial charge in [-0.15, -0.1) is 0 Å². The molecule has 1 aliphatic rings. The predicted octanol–water partition coefficient (Wildman–Crippen LogP) is 2.91. The molecule has 6 nitrogen and oxygen atoms in total. The summed E-state index contributed by atoms with van der Waals surface area (Å²) >= 11 is 0. The smallest absolute Gasteiger partial charge is 0.224 e. The topological polar surface area (TPSA) is 56.0 Å². The summed E-state index contributed by atoms with van der Waals surface area (Å²) in [6.45, 7) is 8.70. The molecule has 0 bridgehead atoms. The van der Waals surface area contributed by atoms with E-state index in [4.69, 9.17) is 0 Å². The minimum atomic E-state index is 0.254. The van der Waals surface area contributed by atoms with E-state index in [1.165, 1.54) is 12.8 Å². The molecule has 3 rings (SSSR count). The second-order valence-corrected chi connectivity index (χ2v) is 6.77. The fourth-order valence-corrected chi connectivity index (χ4v) is 3.42. The first-order valence-electron chi connectivity index (χ1n) is 8.76. The van der Waals surface area contributed by atoms with Crippen LogP contribution in [0.5, 0.6) is 0 Å². The highest BCUT2D eigenvalue weighted by molar-refractivity contribution is 5.79. The van der Waals surface area contributed by atoms with E-state index in [9.17, 15) is 4.79 Å². The zero-order chi connectivity index (χ0) is 16.4. The quantitative estimate of drug-likeness (QED) is 0.871. The molecule has 0 atom stereocenters. The SMILES string of the molecule is Cc1nn(C(C)C)c2cnn(CCC(=O)N3CCCCCC3)c12. The van der Waals surface area contributed by atoms with Crippen molar-refractivity contribution in [3.05, 3.63) is 11.9 Å². The molecular formula is C17H27N5O. The Bertz CT molecular complexity index is 677. The molecule has 0 aliphatic carbocycles. The number of carbonyl (C=O) groups is 1. The first kappa shape index (κ1) is 16.0. The van der Waals surface area contributed by atoms with E-state index in [0.717, 1.165) is 42.7 Å². The number of fused-ring (bicyclic) bond motifs is 1. The van der Waals surface area contributed by atoms with Gasteiger partial charge in [0.15, 0.2) is 0 Å². The van der Waals surface area contributed by atoms with Gasteiger partial charge in [-0.3, -0.25) is 14.2 Å². The average Bonchev–Trinajstić information content (AvgIpc) is 2.95. The molecule has 0 radical (unpaired) electrons. The number of likely N-dealkylation sites (tertiary alicyclic amines) is 1. The zero-order valence-electron chi connectivity index (χ0n) is 14.5. The molecule has 2 aromatic heterocycles. The van der Waals surface area contributed by atoms with Crippen molar-refractivity contribution in [2.24, 2.45) is 0 Å². The molecule has 0 saturated carbocycles. The molecule has 2 aromatic rings. The Hall–Kier alpha value is -1.85. The van der Waals surface area contributed by atoms with Crippen LogP contribution in [0.15, 0.2) is 6.20 Å². The van der Waals surface area contributed by atoms with Crippen LogP contribution in [0.3, 0.4) is 0 Å². The molecule has 3 heterocycles. The number of hydrogen-bond donors (Lipinski definition) is 0. The lowest BCUT2D eigenvalue weighted by molar-refractivity contribution is -0.131. The summed E-state index contributed by atoms with van der Waals surface area (Å²) in [4.78, 5) is 14.5. The molecule has 126 valence electrons. The number of aromatic nitrogens is 4. The molecule has 1 amide bonds. The highest BCUT2D eigenvalue weighted by Gasteiger charge is 2.18. The van der Waals surface area contributed by atoms with Crippen LogP contribution in [-0.2, 0) is 11.3 Å². The van der Waals surface area contributed by atoms with Crippen LogP contribution in [-0.4, -0.2) is 43.5 Å². The van der Waals surface area contributed by atoms with E-state index in [1.54, 1.807) is 0 Å². The molecule has 0 spiro atoms. The van der Waals surface area contributed by atoms with E-state index in [-0.39, 0.29) is 5.91 Å². The summed E-state index contributed by atoms with van der Waals surface area (Å²) in [5.74, 6) is 0.254. The summed E-state index contributed by atoms with van der Waals surface area (Å²) in [5, 5.41) is 9.08. The van der Waals surface area contributed by atoms with E-state index in [2.05, 4.69) is 24.0 Å². The van der Waals surface area contributed by atoms with Gasteiger partial charge in [0.2, 0.25) is 5.91 Å². The Morgan fingerprint density at radius 1 is 1.22 bits per heavy atom. The second-order valence-electron chi connectivity index (χ2n) is 6.77. The van der Waals surface area contributed by atoms with Gasteiger partial charge >= 0.3 is 0 Å². The number of rotatable bonds is 4. The third-order valence-corrected chi connectivity index (χ3v) is 4.65. The van der Waals surface area contributed by atoms with Gasteiger partial charge < -0.3 is 4.90 Å². The van der Waals surface area contributed by atoms with Gasteiger partial charge in [0.1, 0.15) is 11.0 Å². The Morgan fingerprint density at radius 2 is 1.91 bits per heavy atom. The first-order chi connectivity index (χ1) is 11.1. The van der Waals surface area contributed by atoms with Crippen molar-refractivity contribution in [3.63, 3.8) is 0 Å². The number of amides is 1. The van der Waals surface area contributed by atoms with Gasteiger partial charge in [0.05, 0.1) is 18.4 Å². The third kappa shape index (κ3) is 3.26. The van der Waals surface area contributed by atoms with Crippen molar-refractivity contribution < 1.29 is 4.79 Å². The Labute approximate surface area is 137 Å². The van der Waals surface area contributed by atoms with Gasteiger partial charge in [-0.05, 0) is 33.6 Å². The Balaban J connectivity index is 1.71. The highest BCUT2D eigenvalue weighted by atomic mass is 16.2. The highest BCUT2D eigenvalue weighted by Crippen LogP contribution is 2.21. The van der Waals surface area contributed by atoms with Crippen molar-refractivity contribution >= 4 is 16.9 Å². The van der Waals surface area contributed by atoms with Crippen molar-refractivity contribution in [2.75, 3.05) is 13.1 Å². The molecule has 1 fully saturated rings. The minimum absolute atomic E-state index is 0.254. The van der Waals surface area contributed by atoms with Crippen LogP contribution in [0.25, 0.3) is 11.0 Å². The standard InChI is InChI=1S/C17H27N5O/c1-13(2)22-15-12-18-21(17(15)14(3)19-22)11-8-16(23)20-9-6-4-5-7-10-20/h12-13H,4-11H2,1-3H3. The largest absolute Gasteiger partial charge is 0.343 e. The zero-order valence-corrected chi connectivity index (χ0v) is 14.5. The lowest BCUT2D eigenvalue weighted by Crippen LogP contribution is -2.32. The van der Waals surface area contributed by atoms with E-state index < -0.39 is 0 Å². The number of nitrogens with zero attached hydrogens (tertiary/aromatic N) is 5. The molecule has 0 aromatic carbocycles. The fourth-order valence-electron chi connectivity index (χ4n) is 3.42. The predicted molar refractivity (Wildman–Crippen MR) is 90.3 cm³/mol. The van der Waals surface area contributed by atoms with Gasteiger partial charge in [0.25, 0.3) is 0 Å². The molecule has 0 unspecified atom stereocenters. The average molecular weight is 317 g/mol. The van der Waals surface area contributed by atoms with Gasteiger partial charge in [0, 0.05) is 25.6 Å². The van der Waals surface area contributed by atoms with E-state index in [1.807, 2.05) is 27.4 Å². The lowest BCUT2D eigenvalue weighted by atomic mass is 10.2. The molecule has 23 heavy (non-hydrogen) atoms. The summed E-state index contributed by atoms with van der Waals surface area (Å²) in [6.07, 6.45) is 7.15. The maximum absolute atomic E-state index is 12.4. The van der Waals surface area contributed by atoms with Crippen molar-refractivity contribution in [1.82, 2.24) is 24.5 Å². The molecular weight excluding hydrogens is 290 g/mol. The van der Waals surface area contributed by atoms with Crippen LogP contribution >= 0.6 is 0 Å². The fraction of sp³-hybridized carbons (Fsp3) is 0.706. The van der Waals surface area contributed by atoms with Crippen molar-refractivity contribution in [3.8, 4) is 0 Å².